The van der Waals surface area contributed by atoms with Crippen LogP contribution in [0.15, 0.2) is 13.2 Å². The molecule has 0 heterocycles. The summed E-state index contributed by atoms with van der Waals surface area (Å²) in [4.78, 5) is 9.24. The molecular formula is C4H14N2O3. The van der Waals surface area contributed by atoms with Crippen LogP contribution in [0.1, 0.15) is 0 Å². The van der Waals surface area contributed by atoms with Crippen LogP contribution in [0.2, 0.25) is 0 Å². The molecule has 9 heavy (non-hydrogen) atoms. The molecule has 5 nitrogen and oxygen atoms in total. The Balaban J connectivity index is -0.0000000286. The van der Waals surface area contributed by atoms with Crippen LogP contribution in [0.5, 0.6) is 0 Å². The molecule has 0 aromatic heterocycles. The maximum absolute atomic E-state index is 9.24. The van der Waals surface area contributed by atoms with Crippen LogP contribution in [0.25, 0.3) is 0 Å². The van der Waals surface area contributed by atoms with Gasteiger partial charge in [-0.1, -0.05) is 0 Å². The molecular weight excluding hydrogens is 124 g/mol. The van der Waals surface area contributed by atoms with Crippen molar-refractivity contribution in [3.63, 3.8) is 0 Å². The summed E-state index contributed by atoms with van der Waals surface area (Å²) in [5, 5.41) is 7.60. The molecule has 0 saturated carbocycles. The summed E-state index contributed by atoms with van der Waals surface area (Å²) in [5.41, 5.74) is 4.57. The minimum Gasteiger partial charge on any atom is -0.480 e. The lowest BCUT2D eigenvalue weighted by Gasteiger charge is -1.73. The molecule has 5 heteroatoms. The van der Waals surface area contributed by atoms with Gasteiger partial charge in [0.2, 0.25) is 0 Å². The van der Waals surface area contributed by atoms with Crippen LogP contribution in [0, 0.1) is 0 Å². The molecule has 0 radical (unpaired) electrons. The Kier molecular flexibility index (Phi) is 74.4. The highest BCUT2D eigenvalue weighted by Crippen LogP contribution is 1.43. The van der Waals surface area contributed by atoms with E-state index in [1.807, 2.05) is 0 Å². The zero-order valence-electron chi connectivity index (χ0n) is 5.26. The highest BCUT2D eigenvalue weighted by molar-refractivity contribution is 5.68. The fourth-order valence-electron chi connectivity index (χ4n) is 0. The minimum absolute atomic E-state index is 0. The van der Waals surface area contributed by atoms with Gasteiger partial charge in [-0.3, -0.25) is 4.79 Å². The zero-order chi connectivity index (χ0) is 6.28. The van der Waals surface area contributed by atoms with Crippen molar-refractivity contribution in [2.24, 2.45) is 5.73 Å². The maximum atomic E-state index is 9.24. The molecule has 0 unspecified atom stereocenters. The summed E-state index contributed by atoms with van der Waals surface area (Å²) in [6.07, 6.45) is 0. The van der Waals surface area contributed by atoms with Gasteiger partial charge in [-0.15, -0.1) is 13.2 Å². The standard InChI is InChI=1S/C2H5NO2.C2H4.H3N.H2O/c3-1-2(4)5;1-2;;/h1,3H2,(H,4,5);1-2H2;1H3;1H2. The van der Waals surface area contributed by atoms with E-state index >= 15 is 0 Å². The van der Waals surface area contributed by atoms with Crippen molar-refractivity contribution in [3.05, 3.63) is 13.2 Å². The third-order valence-electron chi connectivity index (χ3n) is 0.175. The average molecular weight is 138 g/mol. The summed E-state index contributed by atoms with van der Waals surface area (Å²) in [5.74, 6) is -0.968. The Labute approximate surface area is 54.1 Å². The van der Waals surface area contributed by atoms with Gasteiger partial charge in [-0.2, -0.15) is 0 Å². The van der Waals surface area contributed by atoms with E-state index in [1.54, 1.807) is 0 Å². The number of hydrogen-bond donors (Lipinski definition) is 3. The Morgan fingerprint density at radius 1 is 1.56 bits per heavy atom. The van der Waals surface area contributed by atoms with Crippen LogP contribution >= 0.6 is 0 Å². The van der Waals surface area contributed by atoms with Gasteiger partial charge in [0.15, 0.2) is 0 Å². The van der Waals surface area contributed by atoms with Gasteiger partial charge in [0, 0.05) is 0 Å². The number of hydrogen-bond acceptors (Lipinski definition) is 3. The molecule has 0 bridgehead atoms. The van der Waals surface area contributed by atoms with Crippen LogP contribution in [-0.2, 0) is 4.79 Å². The highest BCUT2D eigenvalue weighted by atomic mass is 16.4. The van der Waals surface area contributed by atoms with E-state index < -0.39 is 5.97 Å². The molecule has 0 aliphatic rings. The number of carboxylic acids is 1. The third kappa shape index (κ3) is 155. The zero-order valence-corrected chi connectivity index (χ0v) is 5.26. The summed E-state index contributed by atoms with van der Waals surface area (Å²) in [6.45, 7) is 5.72. The smallest absolute Gasteiger partial charge is 0.317 e. The van der Waals surface area contributed by atoms with Crippen LogP contribution < -0.4 is 11.9 Å². The lowest BCUT2D eigenvalue weighted by atomic mass is 10.7. The van der Waals surface area contributed by atoms with E-state index in [0.29, 0.717) is 0 Å². The quantitative estimate of drug-likeness (QED) is 0.408. The first-order chi connectivity index (χ1) is 3.27. The van der Waals surface area contributed by atoms with Crippen LogP contribution in [-0.4, -0.2) is 23.1 Å². The van der Waals surface area contributed by atoms with Gasteiger partial charge in [0.1, 0.15) is 0 Å². The van der Waals surface area contributed by atoms with Crippen molar-refractivity contribution in [3.8, 4) is 0 Å². The maximum Gasteiger partial charge on any atom is 0.317 e. The third-order valence-corrected chi connectivity index (χ3v) is 0.175. The summed E-state index contributed by atoms with van der Waals surface area (Å²) in [7, 11) is 0. The highest BCUT2D eigenvalue weighted by Gasteiger charge is 1.81. The van der Waals surface area contributed by atoms with Crippen molar-refractivity contribution in [2.45, 2.75) is 0 Å². The van der Waals surface area contributed by atoms with Crippen LogP contribution in [0.4, 0.5) is 0 Å². The van der Waals surface area contributed by atoms with E-state index in [0.717, 1.165) is 0 Å². The minimum atomic E-state index is -0.968. The Bertz CT molecular complexity index is 57.8. The van der Waals surface area contributed by atoms with E-state index in [4.69, 9.17) is 5.11 Å². The first-order valence-corrected chi connectivity index (χ1v) is 1.69. The van der Waals surface area contributed by atoms with Crippen molar-refractivity contribution in [1.82, 2.24) is 6.15 Å². The number of carboxylic acid groups (broad SMARTS) is 1. The van der Waals surface area contributed by atoms with E-state index in [-0.39, 0.29) is 18.2 Å². The Hall–Kier alpha value is -0.910. The molecule has 0 rings (SSSR count). The van der Waals surface area contributed by atoms with Crippen molar-refractivity contribution >= 4 is 5.97 Å². The van der Waals surface area contributed by atoms with Gasteiger partial charge in [-0.05, 0) is 0 Å². The molecule has 0 spiro atoms. The van der Waals surface area contributed by atoms with Crippen molar-refractivity contribution < 1.29 is 15.4 Å². The second-order valence-corrected chi connectivity index (χ2v) is 0.598. The topological polar surface area (TPSA) is 130 Å². The van der Waals surface area contributed by atoms with Gasteiger partial charge >= 0.3 is 5.97 Å². The summed E-state index contributed by atoms with van der Waals surface area (Å²) in [6, 6.07) is 0. The molecule has 8 N–H and O–H groups in total. The molecule has 0 fully saturated rings. The first kappa shape index (κ1) is 24.3. The normalized spacial score (nSPS) is 4.56. The van der Waals surface area contributed by atoms with Gasteiger partial charge in [-0.25, -0.2) is 0 Å². The van der Waals surface area contributed by atoms with Gasteiger partial charge < -0.3 is 22.5 Å². The molecule has 58 valence electrons. The molecule has 0 amide bonds. The SMILES string of the molecule is C=C.N.NCC(=O)O.O. The van der Waals surface area contributed by atoms with E-state index in [1.165, 1.54) is 0 Å². The average Bonchev–Trinajstić information content (AvgIpc) is 1.73. The summed E-state index contributed by atoms with van der Waals surface area (Å²) < 4.78 is 0. The number of aliphatic carboxylic acids is 1. The number of carbonyl (C=O) groups is 1. The first-order valence-electron chi connectivity index (χ1n) is 1.69. The Morgan fingerprint density at radius 2 is 1.67 bits per heavy atom. The fraction of sp³-hybridized carbons (Fsp3) is 0.250. The van der Waals surface area contributed by atoms with Crippen LogP contribution in [0.3, 0.4) is 0 Å². The Morgan fingerprint density at radius 3 is 1.67 bits per heavy atom. The molecule has 0 atom stereocenters. The second-order valence-electron chi connectivity index (χ2n) is 0.598. The molecule has 0 saturated heterocycles. The molecule has 0 aromatic carbocycles. The second kappa shape index (κ2) is 27.5. The molecule has 0 aliphatic carbocycles. The van der Waals surface area contributed by atoms with Crippen molar-refractivity contribution in [2.75, 3.05) is 6.54 Å². The van der Waals surface area contributed by atoms with Gasteiger partial charge in [0.05, 0.1) is 6.54 Å². The molecule has 0 aliphatic heterocycles. The predicted molar refractivity (Wildman–Crippen MR) is 36.6 cm³/mol. The van der Waals surface area contributed by atoms with E-state index in [9.17, 15) is 4.79 Å². The largest absolute Gasteiger partial charge is 0.480 e. The predicted octanol–water partition coefficient (Wildman–Crippen LogP) is -0.831. The lowest BCUT2D eigenvalue weighted by molar-refractivity contribution is -0.135. The van der Waals surface area contributed by atoms with Crippen molar-refractivity contribution in [1.29, 1.82) is 0 Å². The molecule has 0 aromatic rings. The van der Waals surface area contributed by atoms with E-state index in [2.05, 4.69) is 18.9 Å². The van der Waals surface area contributed by atoms with Gasteiger partial charge in [0.25, 0.3) is 0 Å². The number of rotatable bonds is 1. The fourth-order valence-corrected chi connectivity index (χ4v) is 0. The monoisotopic (exact) mass is 138 g/mol. The summed E-state index contributed by atoms with van der Waals surface area (Å²) >= 11 is 0. The number of nitrogens with two attached hydrogens (primary N) is 1. The lowest BCUT2D eigenvalue weighted by Crippen LogP contribution is -2.10.